The van der Waals surface area contributed by atoms with E-state index < -0.39 is 0 Å². The minimum absolute atomic E-state index is 0.0408. The summed E-state index contributed by atoms with van der Waals surface area (Å²) in [6.45, 7) is 0. The van der Waals surface area contributed by atoms with Crippen molar-refractivity contribution >= 4 is 62.3 Å². The van der Waals surface area contributed by atoms with Crippen molar-refractivity contribution in [2.45, 2.75) is 12.8 Å². The van der Waals surface area contributed by atoms with E-state index in [1.165, 1.54) is 86.1 Å². The Morgan fingerprint density at radius 2 is 0.947 bits per heavy atom. The summed E-state index contributed by atoms with van der Waals surface area (Å²) < 4.78 is 13.2. The Hall–Kier alpha value is -5.78. The van der Waals surface area contributed by atoms with Crippen LogP contribution in [0.15, 0.2) is 145 Å². The van der Waals surface area contributed by atoms with E-state index in [2.05, 4.69) is 121 Å². The van der Waals surface area contributed by atoms with Gasteiger partial charge in [0.05, 0.1) is 0 Å². The molecule has 3 aromatic heterocycles. The topological polar surface area (TPSA) is 51.6 Å². The first-order valence-electron chi connectivity index (χ1n) is 19.1. The second-order valence-electron chi connectivity index (χ2n) is 15.0. The van der Waals surface area contributed by atoms with Crippen LogP contribution in [0.25, 0.3) is 108 Å². The molecule has 0 bridgehead atoms. The summed E-state index contributed by atoms with van der Waals surface area (Å²) in [4.78, 5) is 11.2. The maximum absolute atomic E-state index is 5.26. The SMILES string of the molecule is c1ccc2c(c1)Cc1c-2ccc2c3cc(-c4cccnc4-c4ccsc4-c4ncccc4-c4cc5c6ccc7c(c6cc-5[se]n4)Cc4ccccc4-7)n[se]c-3cc12. The van der Waals surface area contributed by atoms with Crippen molar-refractivity contribution in [3.8, 4) is 86.6 Å². The Balaban J connectivity index is 0.908. The molecule has 0 saturated heterocycles. The molecule has 0 saturated carbocycles. The van der Waals surface area contributed by atoms with E-state index in [1.54, 1.807) is 11.3 Å². The van der Waals surface area contributed by atoms with Gasteiger partial charge in [-0.1, -0.05) is 0 Å². The van der Waals surface area contributed by atoms with Gasteiger partial charge >= 0.3 is 347 Å². The fourth-order valence-corrected chi connectivity index (χ4v) is 13.7. The summed E-state index contributed by atoms with van der Waals surface area (Å²) in [5.41, 5.74) is 20.9. The van der Waals surface area contributed by atoms with Crippen molar-refractivity contribution in [3.05, 3.63) is 167 Å². The molecule has 13 rings (SSSR count). The number of pyridine rings is 2. The quantitative estimate of drug-likeness (QED) is 0.165. The molecule has 0 unspecified atom stereocenters. The van der Waals surface area contributed by atoms with Gasteiger partial charge in [0, 0.05) is 0 Å². The zero-order valence-corrected chi connectivity index (χ0v) is 34.5. The number of fused-ring (bicyclic) bond motifs is 14. The Morgan fingerprint density at radius 1 is 0.421 bits per heavy atom. The molecule has 7 aromatic rings. The normalized spacial score (nSPS) is 12.8. The molecule has 7 heteroatoms. The van der Waals surface area contributed by atoms with Gasteiger partial charge < -0.3 is 0 Å². The van der Waals surface area contributed by atoms with Gasteiger partial charge in [0.2, 0.25) is 0 Å². The summed E-state index contributed by atoms with van der Waals surface area (Å²) in [5.74, 6) is 0. The van der Waals surface area contributed by atoms with Gasteiger partial charge in [-0.25, -0.2) is 0 Å². The van der Waals surface area contributed by atoms with E-state index in [4.69, 9.17) is 17.9 Å². The van der Waals surface area contributed by atoms with Crippen LogP contribution in [0.4, 0.5) is 0 Å². The summed E-state index contributed by atoms with van der Waals surface area (Å²) in [5, 5.41) is 7.56. The average molecular weight is 875 g/mol. The first-order chi connectivity index (χ1) is 28.2. The zero-order chi connectivity index (χ0) is 37.2. The summed E-state index contributed by atoms with van der Waals surface area (Å²) in [7, 11) is 0. The third-order valence-electron chi connectivity index (χ3n) is 12.1. The first-order valence-corrected chi connectivity index (χ1v) is 23.2. The number of hydrogen-bond acceptors (Lipinski definition) is 5. The molecule has 57 heavy (non-hydrogen) atoms. The van der Waals surface area contributed by atoms with Crippen molar-refractivity contribution in [1.29, 1.82) is 0 Å². The van der Waals surface area contributed by atoms with Gasteiger partial charge in [-0.15, -0.1) is 0 Å². The molecule has 0 amide bonds. The molecule has 0 spiro atoms. The summed E-state index contributed by atoms with van der Waals surface area (Å²) in [6, 6.07) is 47.0. The predicted molar refractivity (Wildman–Crippen MR) is 236 cm³/mol. The van der Waals surface area contributed by atoms with E-state index in [1.807, 2.05) is 24.5 Å². The fraction of sp³-hybridized carbons (Fsp3) is 0.0400. The van der Waals surface area contributed by atoms with Gasteiger partial charge in [-0.05, 0) is 0 Å². The minimum atomic E-state index is -0.0416. The monoisotopic (exact) mass is 876 g/mol. The van der Waals surface area contributed by atoms with Crippen LogP contribution in [0.5, 0.6) is 0 Å². The number of aromatic nitrogens is 4. The van der Waals surface area contributed by atoms with E-state index >= 15 is 0 Å². The third-order valence-corrected chi connectivity index (χ3v) is 16.4. The van der Waals surface area contributed by atoms with Gasteiger partial charge in [0.25, 0.3) is 0 Å². The Morgan fingerprint density at radius 3 is 1.54 bits per heavy atom. The Labute approximate surface area is 344 Å². The molecule has 0 atom stereocenters. The Kier molecular flexibility index (Phi) is 7.01. The molecule has 266 valence electrons. The standard InChI is InChI=1S/C50H28N4SSe2/c1-3-9-29-27(7-1)21-38-31(29)13-15-33-40(38)25-46-42(33)23-44(53-56-46)35-11-5-18-51-48(35)37-17-20-55-50(37)49-36(12-6-19-52-49)45-24-43-34-16-14-32-30-10-4-2-8-28(30)22-39(32)41(34)26-47(43)57-54-45/h1-20,23-26H,21-22H2. The van der Waals surface area contributed by atoms with Crippen LogP contribution in [0.1, 0.15) is 22.3 Å². The number of benzene rings is 4. The molecule has 2 aliphatic heterocycles. The molecule has 0 N–H and O–H groups in total. The van der Waals surface area contributed by atoms with Crippen molar-refractivity contribution in [1.82, 2.24) is 17.9 Å². The van der Waals surface area contributed by atoms with Crippen LogP contribution in [0.3, 0.4) is 0 Å². The fourth-order valence-electron chi connectivity index (χ4n) is 9.48. The van der Waals surface area contributed by atoms with Gasteiger partial charge in [0.1, 0.15) is 0 Å². The molecule has 4 aliphatic carbocycles. The molecular weight excluding hydrogens is 847 g/mol. The number of nitrogens with zero attached hydrogens (tertiary/aromatic N) is 4. The van der Waals surface area contributed by atoms with Crippen molar-refractivity contribution in [2.75, 3.05) is 0 Å². The molecule has 4 aromatic carbocycles. The number of thiophene rings is 1. The predicted octanol–water partition coefficient (Wildman–Crippen LogP) is 11.8. The molecule has 0 fully saturated rings. The van der Waals surface area contributed by atoms with Crippen LogP contribution >= 0.6 is 11.3 Å². The molecule has 4 nitrogen and oxygen atoms in total. The van der Waals surface area contributed by atoms with E-state index in [9.17, 15) is 0 Å². The molecule has 6 aliphatic rings. The van der Waals surface area contributed by atoms with Crippen LogP contribution in [0.2, 0.25) is 0 Å². The number of hydrogen-bond donors (Lipinski definition) is 0. The van der Waals surface area contributed by atoms with Crippen molar-refractivity contribution in [2.24, 2.45) is 0 Å². The summed E-state index contributed by atoms with van der Waals surface area (Å²) >= 11 is 1.63. The van der Waals surface area contributed by atoms with E-state index in [0.717, 1.165) is 57.2 Å². The van der Waals surface area contributed by atoms with Gasteiger partial charge in [-0.3, -0.25) is 0 Å². The zero-order valence-electron chi connectivity index (χ0n) is 30.3. The van der Waals surface area contributed by atoms with Crippen molar-refractivity contribution in [3.63, 3.8) is 0 Å². The molecule has 5 heterocycles. The second kappa shape index (κ2) is 12.4. The molecular formula is C50H28N4SSe2. The molecule has 0 radical (unpaired) electrons. The van der Waals surface area contributed by atoms with Gasteiger partial charge in [0.15, 0.2) is 0 Å². The summed E-state index contributed by atoms with van der Waals surface area (Å²) in [6.07, 6.45) is 5.78. The van der Waals surface area contributed by atoms with Gasteiger partial charge in [-0.2, -0.15) is 0 Å². The van der Waals surface area contributed by atoms with Crippen LogP contribution < -0.4 is 0 Å². The second-order valence-corrected chi connectivity index (χ2v) is 19.3. The third kappa shape index (κ3) is 4.78. The van der Waals surface area contributed by atoms with Crippen LogP contribution in [-0.2, 0) is 12.8 Å². The van der Waals surface area contributed by atoms with E-state index in [0.29, 0.717) is 0 Å². The average Bonchev–Trinajstić information content (AvgIpc) is 4.10. The van der Waals surface area contributed by atoms with E-state index in [-0.39, 0.29) is 29.5 Å². The van der Waals surface area contributed by atoms with Crippen LogP contribution in [-0.4, -0.2) is 47.4 Å². The van der Waals surface area contributed by atoms with Crippen LogP contribution in [0, 0.1) is 0 Å². The maximum atomic E-state index is 5.26. The van der Waals surface area contributed by atoms with Crippen molar-refractivity contribution < 1.29 is 0 Å². The Bertz CT molecular complexity index is 3170. The first kappa shape index (κ1) is 32.3. The number of rotatable bonds is 4.